The van der Waals surface area contributed by atoms with Gasteiger partial charge in [-0.2, -0.15) is 8.78 Å². The van der Waals surface area contributed by atoms with Crippen LogP contribution >= 0.6 is 23.1 Å². The number of nitrogens with zero attached hydrogens (tertiary/aromatic N) is 3. The SMILES string of the molecule is CS(=O)(=O)NC1CCN(c2ccccc2NC(=O)c2csc(Sc3nc4cc(OC(F)F)ccc4[nH]3)n2)CC1. The van der Waals surface area contributed by atoms with Gasteiger partial charge in [0.25, 0.3) is 5.91 Å². The molecule has 4 aromatic rings. The maximum atomic E-state index is 13.0. The van der Waals surface area contributed by atoms with Crippen LogP contribution in [0, 0.1) is 0 Å². The monoisotopic (exact) mass is 594 g/mol. The van der Waals surface area contributed by atoms with E-state index in [1.807, 2.05) is 24.3 Å². The van der Waals surface area contributed by atoms with Crippen molar-refractivity contribution in [2.75, 3.05) is 29.6 Å². The van der Waals surface area contributed by atoms with Crippen LogP contribution in [-0.2, 0) is 10.0 Å². The molecule has 0 aliphatic carbocycles. The summed E-state index contributed by atoms with van der Waals surface area (Å²) in [7, 11) is -3.26. The summed E-state index contributed by atoms with van der Waals surface area (Å²) in [6.45, 7) is -1.63. The number of nitrogens with one attached hydrogen (secondary N) is 3. The fourth-order valence-corrected chi connectivity index (χ4v) is 6.81. The average Bonchev–Trinajstić information content (AvgIpc) is 3.50. The van der Waals surface area contributed by atoms with Crippen molar-refractivity contribution in [2.24, 2.45) is 0 Å². The molecule has 0 atom stereocenters. The molecule has 2 aromatic heterocycles. The highest BCUT2D eigenvalue weighted by Gasteiger charge is 2.24. The van der Waals surface area contributed by atoms with E-state index >= 15 is 0 Å². The fraction of sp³-hybridized carbons (Fsp3) is 0.292. The van der Waals surface area contributed by atoms with Gasteiger partial charge in [-0.1, -0.05) is 12.1 Å². The zero-order valence-electron chi connectivity index (χ0n) is 20.6. The topological polar surface area (TPSA) is 129 Å². The van der Waals surface area contributed by atoms with Crippen LogP contribution in [0.2, 0.25) is 0 Å². The lowest BCUT2D eigenvalue weighted by molar-refractivity contribution is -0.0497. The van der Waals surface area contributed by atoms with E-state index in [9.17, 15) is 22.0 Å². The first-order chi connectivity index (χ1) is 18.6. The quantitative estimate of drug-likeness (QED) is 0.258. The second-order valence-corrected chi connectivity index (χ2v) is 12.7. The Morgan fingerprint density at radius 3 is 2.72 bits per heavy atom. The Labute approximate surface area is 231 Å². The summed E-state index contributed by atoms with van der Waals surface area (Å²) in [5.74, 6) is -0.346. The summed E-state index contributed by atoms with van der Waals surface area (Å²) in [5, 5.41) is 5.09. The molecule has 206 valence electrons. The number of halogens is 2. The van der Waals surface area contributed by atoms with E-state index in [0.29, 0.717) is 52.1 Å². The molecule has 1 aliphatic heterocycles. The summed E-state index contributed by atoms with van der Waals surface area (Å²) >= 11 is 2.50. The summed E-state index contributed by atoms with van der Waals surface area (Å²) in [6.07, 6.45) is 2.47. The molecule has 1 saturated heterocycles. The standard InChI is InChI=1S/C24H24F2N6O4S3/c1-39(34,35)31-14-8-10-32(11-9-14)20-5-3-2-4-17(20)27-21(33)19-13-37-24(30-19)38-23-28-16-7-6-15(36-22(25)26)12-18(16)29-23/h2-7,12-14,22,31H,8-11H2,1H3,(H,27,33)(H,28,29). The number of aromatic amines is 1. The molecule has 1 aliphatic rings. The number of aromatic nitrogens is 3. The van der Waals surface area contributed by atoms with Crippen molar-refractivity contribution < 1.29 is 26.7 Å². The second kappa shape index (κ2) is 11.5. The molecule has 5 rings (SSSR count). The molecule has 0 bridgehead atoms. The lowest BCUT2D eigenvalue weighted by Gasteiger charge is -2.34. The van der Waals surface area contributed by atoms with Gasteiger partial charge in [0.05, 0.1) is 28.7 Å². The molecular formula is C24H24F2N6O4S3. The number of ether oxygens (including phenoxy) is 1. The van der Waals surface area contributed by atoms with Crippen LogP contribution < -0.4 is 19.7 Å². The Bertz CT molecular complexity index is 1590. The van der Waals surface area contributed by atoms with Gasteiger partial charge in [0.2, 0.25) is 10.0 Å². The molecule has 2 aromatic carbocycles. The van der Waals surface area contributed by atoms with Crippen molar-refractivity contribution in [3.05, 3.63) is 53.5 Å². The van der Waals surface area contributed by atoms with Gasteiger partial charge in [-0.05, 0) is 48.9 Å². The Morgan fingerprint density at radius 1 is 1.21 bits per heavy atom. The Balaban J connectivity index is 1.23. The molecule has 0 saturated carbocycles. The fourth-order valence-electron chi connectivity index (χ4n) is 4.26. The average molecular weight is 595 g/mol. The van der Waals surface area contributed by atoms with Crippen molar-refractivity contribution in [2.45, 2.75) is 35.0 Å². The van der Waals surface area contributed by atoms with Gasteiger partial charge >= 0.3 is 6.61 Å². The van der Waals surface area contributed by atoms with Crippen molar-refractivity contribution >= 4 is 61.4 Å². The number of carbonyl (C=O) groups excluding carboxylic acids is 1. The first kappa shape index (κ1) is 27.3. The predicted octanol–water partition coefficient (Wildman–Crippen LogP) is 4.54. The van der Waals surface area contributed by atoms with E-state index in [0.717, 1.165) is 11.9 Å². The van der Waals surface area contributed by atoms with Gasteiger partial charge in [0.15, 0.2) is 9.50 Å². The van der Waals surface area contributed by atoms with Crippen molar-refractivity contribution in [1.29, 1.82) is 0 Å². The maximum absolute atomic E-state index is 13.0. The van der Waals surface area contributed by atoms with Gasteiger partial charge < -0.3 is 19.9 Å². The highest BCUT2D eigenvalue weighted by molar-refractivity contribution is 8.00. The minimum Gasteiger partial charge on any atom is -0.435 e. The number of carbonyl (C=O) groups is 1. The molecule has 0 radical (unpaired) electrons. The summed E-state index contributed by atoms with van der Waals surface area (Å²) in [6, 6.07) is 11.8. The lowest BCUT2D eigenvalue weighted by Crippen LogP contribution is -2.44. The number of hydrogen-bond acceptors (Lipinski definition) is 9. The number of benzene rings is 2. The van der Waals surface area contributed by atoms with E-state index in [1.165, 1.54) is 35.2 Å². The van der Waals surface area contributed by atoms with Crippen LogP contribution in [-0.4, -0.2) is 61.3 Å². The Hall–Kier alpha value is -3.27. The number of piperidine rings is 1. The maximum Gasteiger partial charge on any atom is 0.387 e. The number of H-pyrrole nitrogens is 1. The van der Waals surface area contributed by atoms with Crippen molar-refractivity contribution in [3.8, 4) is 5.75 Å². The number of anilines is 2. The van der Waals surface area contributed by atoms with Crippen molar-refractivity contribution in [1.82, 2.24) is 19.7 Å². The van der Waals surface area contributed by atoms with Gasteiger partial charge in [-0.15, -0.1) is 11.3 Å². The summed E-state index contributed by atoms with van der Waals surface area (Å²) in [4.78, 5) is 27.0. The molecule has 3 heterocycles. The second-order valence-electron chi connectivity index (χ2n) is 8.82. The third-order valence-corrected chi connectivity index (χ3v) is 8.51. The third-order valence-electron chi connectivity index (χ3n) is 5.93. The molecule has 10 nitrogen and oxygen atoms in total. The van der Waals surface area contributed by atoms with Crippen LogP contribution in [0.1, 0.15) is 23.3 Å². The van der Waals surface area contributed by atoms with Crippen LogP contribution in [0.3, 0.4) is 0 Å². The number of thiazole rings is 1. The third kappa shape index (κ3) is 7.03. The summed E-state index contributed by atoms with van der Waals surface area (Å²) < 4.78 is 55.7. The zero-order valence-corrected chi connectivity index (χ0v) is 23.0. The van der Waals surface area contributed by atoms with Gasteiger partial charge in [-0.3, -0.25) is 4.79 Å². The van der Waals surface area contributed by atoms with E-state index in [-0.39, 0.29) is 23.4 Å². The van der Waals surface area contributed by atoms with Crippen molar-refractivity contribution in [3.63, 3.8) is 0 Å². The number of imidazole rings is 1. The Morgan fingerprint density at radius 2 is 1.97 bits per heavy atom. The number of sulfonamides is 1. The van der Waals surface area contributed by atoms with Gasteiger partial charge in [0.1, 0.15) is 11.4 Å². The predicted molar refractivity (Wildman–Crippen MR) is 147 cm³/mol. The normalized spacial score (nSPS) is 14.7. The highest BCUT2D eigenvalue weighted by atomic mass is 32.2. The first-order valence-corrected chi connectivity index (χ1v) is 15.4. The number of rotatable bonds is 9. The molecule has 39 heavy (non-hydrogen) atoms. The van der Waals surface area contributed by atoms with Crippen LogP contribution in [0.5, 0.6) is 5.75 Å². The van der Waals surface area contributed by atoms with Crippen LogP contribution in [0.25, 0.3) is 11.0 Å². The van der Waals surface area contributed by atoms with E-state index in [2.05, 4.69) is 34.6 Å². The molecule has 1 fully saturated rings. The van der Waals surface area contributed by atoms with Crippen LogP contribution in [0.15, 0.2) is 57.3 Å². The molecule has 3 N–H and O–H groups in total. The van der Waals surface area contributed by atoms with Crippen LogP contribution in [0.4, 0.5) is 20.2 Å². The smallest absolute Gasteiger partial charge is 0.387 e. The minimum atomic E-state index is -3.26. The largest absolute Gasteiger partial charge is 0.435 e. The number of hydrogen-bond donors (Lipinski definition) is 3. The summed E-state index contributed by atoms with van der Waals surface area (Å²) in [5.41, 5.74) is 2.86. The van der Waals surface area contributed by atoms with E-state index in [4.69, 9.17) is 0 Å². The molecule has 1 amide bonds. The lowest BCUT2D eigenvalue weighted by atomic mass is 10.0. The van der Waals surface area contributed by atoms with Gasteiger partial charge in [0, 0.05) is 30.6 Å². The zero-order chi connectivity index (χ0) is 27.6. The first-order valence-electron chi connectivity index (χ1n) is 11.8. The number of amides is 1. The highest BCUT2D eigenvalue weighted by Crippen LogP contribution is 2.32. The minimum absolute atomic E-state index is 0.0176. The molecule has 0 unspecified atom stereocenters. The molecular weight excluding hydrogens is 570 g/mol. The molecule has 0 spiro atoms. The molecule has 15 heteroatoms. The number of fused-ring (bicyclic) bond motifs is 1. The van der Waals surface area contributed by atoms with Gasteiger partial charge in [-0.25, -0.2) is 23.1 Å². The number of alkyl halides is 2. The Kier molecular flexibility index (Phi) is 8.02. The van der Waals surface area contributed by atoms with E-state index < -0.39 is 16.6 Å². The number of para-hydroxylation sites is 2. The van der Waals surface area contributed by atoms with E-state index in [1.54, 1.807) is 11.4 Å².